The number of benzene rings is 1. The average molecular weight is 246 g/mol. The van der Waals surface area contributed by atoms with Gasteiger partial charge in [-0.05, 0) is 19.4 Å². The van der Waals surface area contributed by atoms with Gasteiger partial charge in [0, 0.05) is 12.1 Å². The Morgan fingerprint density at radius 3 is 2.72 bits per heavy atom. The highest BCUT2D eigenvalue weighted by Gasteiger charge is 2.18. The summed E-state index contributed by atoms with van der Waals surface area (Å²) in [6, 6.07) is 5.65. The highest BCUT2D eigenvalue weighted by molar-refractivity contribution is 5.83. The van der Waals surface area contributed by atoms with E-state index in [2.05, 4.69) is 11.2 Å². The number of non-ortho nitro benzene ring substituents is 1. The molecule has 0 aliphatic heterocycles. The van der Waals surface area contributed by atoms with Crippen LogP contribution in [0.25, 0.3) is 0 Å². The summed E-state index contributed by atoms with van der Waals surface area (Å²) in [5.74, 6) is 1.66. The number of carbonyl (C=O) groups is 1. The molecule has 5 heteroatoms. The normalized spacial score (nSPS) is 13.2. The highest BCUT2D eigenvalue weighted by Crippen LogP contribution is 2.20. The topological polar surface area (TPSA) is 72.2 Å². The van der Waals surface area contributed by atoms with Crippen molar-refractivity contribution in [3.8, 4) is 12.3 Å². The molecule has 0 saturated heterocycles. The Hall–Kier alpha value is -2.35. The lowest BCUT2D eigenvalue weighted by molar-refractivity contribution is -0.384. The quantitative estimate of drug-likeness (QED) is 0.500. The van der Waals surface area contributed by atoms with Gasteiger partial charge in [-0.2, -0.15) is 0 Å². The Labute approximate surface area is 105 Å². The number of carbonyl (C=O) groups excluding carboxylic acids is 1. The third-order valence-corrected chi connectivity index (χ3v) is 2.58. The van der Waals surface area contributed by atoms with Crippen molar-refractivity contribution >= 4 is 11.6 Å². The fourth-order valence-corrected chi connectivity index (χ4v) is 1.44. The smallest absolute Gasteiger partial charge is 0.269 e. The first-order chi connectivity index (χ1) is 8.45. The van der Waals surface area contributed by atoms with Gasteiger partial charge >= 0.3 is 0 Å². The monoisotopic (exact) mass is 246 g/mol. The van der Waals surface area contributed by atoms with E-state index in [9.17, 15) is 14.9 Å². The van der Waals surface area contributed by atoms with E-state index in [1.54, 1.807) is 26.0 Å². The molecule has 1 N–H and O–H groups in total. The molecule has 1 aromatic rings. The van der Waals surface area contributed by atoms with E-state index in [0.29, 0.717) is 5.56 Å². The van der Waals surface area contributed by atoms with E-state index in [1.807, 2.05) is 0 Å². The third kappa shape index (κ3) is 3.32. The molecule has 1 rings (SSSR count). The van der Waals surface area contributed by atoms with E-state index in [1.165, 1.54) is 12.1 Å². The molecule has 94 valence electrons. The van der Waals surface area contributed by atoms with Crippen LogP contribution in [0.4, 0.5) is 5.69 Å². The van der Waals surface area contributed by atoms with Crippen LogP contribution < -0.4 is 5.32 Å². The first-order valence-corrected chi connectivity index (χ1v) is 5.46. The summed E-state index contributed by atoms with van der Waals surface area (Å²) in [6.45, 7) is 3.37. The Balaban J connectivity index is 2.87. The van der Waals surface area contributed by atoms with Crippen molar-refractivity contribution in [1.82, 2.24) is 5.32 Å². The standard InChI is InChI=1S/C13H14N2O3/c1-4-9(2)14-13(16)10(3)11-6-5-7-12(8-11)15(17)18/h1,5-10H,2-3H3,(H,14,16). The summed E-state index contributed by atoms with van der Waals surface area (Å²) in [5.41, 5.74) is 0.558. The highest BCUT2D eigenvalue weighted by atomic mass is 16.6. The van der Waals surface area contributed by atoms with Gasteiger partial charge in [-0.25, -0.2) is 0 Å². The van der Waals surface area contributed by atoms with E-state index in [-0.39, 0.29) is 17.6 Å². The number of rotatable bonds is 4. The number of hydrogen-bond donors (Lipinski definition) is 1. The fraction of sp³-hybridized carbons (Fsp3) is 0.308. The number of nitro benzene ring substituents is 1. The van der Waals surface area contributed by atoms with Gasteiger partial charge in [0.05, 0.1) is 16.9 Å². The van der Waals surface area contributed by atoms with Gasteiger partial charge in [-0.3, -0.25) is 14.9 Å². The fourth-order valence-electron chi connectivity index (χ4n) is 1.44. The summed E-state index contributed by atoms with van der Waals surface area (Å²) in [4.78, 5) is 22.0. The number of nitrogens with zero attached hydrogens (tertiary/aromatic N) is 1. The van der Waals surface area contributed by atoms with Crippen molar-refractivity contribution in [2.75, 3.05) is 0 Å². The van der Waals surface area contributed by atoms with Crippen LogP contribution in [0.15, 0.2) is 24.3 Å². The van der Waals surface area contributed by atoms with Crippen molar-refractivity contribution < 1.29 is 9.72 Å². The van der Waals surface area contributed by atoms with Crippen LogP contribution >= 0.6 is 0 Å². The molecule has 2 atom stereocenters. The minimum atomic E-state index is -0.488. The number of terminal acetylenes is 1. The zero-order valence-electron chi connectivity index (χ0n) is 10.2. The molecule has 0 aromatic heterocycles. The summed E-state index contributed by atoms with van der Waals surface area (Å²) in [5, 5.41) is 13.3. The van der Waals surface area contributed by atoms with Crippen LogP contribution in [-0.2, 0) is 4.79 Å². The second-order valence-corrected chi connectivity index (χ2v) is 3.97. The molecule has 0 saturated carbocycles. The molecule has 2 unspecified atom stereocenters. The Kier molecular flexibility index (Phi) is 4.44. The molecule has 1 aromatic carbocycles. The number of hydrogen-bond acceptors (Lipinski definition) is 3. The third-order valence-electron chi connectivity index (χ3n) is 2.58. The minimum Gasteiger partial charge on any atom is -0.342 e. The molecule has 0 aliphatic rings. The predicted octanol–water partition coefficient (Wildman–Crippen LogP) is 1.84. The van der Waals surface area contributed by atoms with Crippen molar-refractivity contribution in [3.63, 3.8) is 0 Å². The van der Waals surface area contributed by atoms with Crippen molar-refractivity contribution in [2.24, 2.45) is 0 Å². The molecule has 5 nitrogen and oxygen atoms in total. The van der Waals surface area contributed by atoms with Crippen LogP contribution in [-0.4, -0.2) is 16.9 Å². The molecule has 0 bridgehead atoms. The van der Waals surface area contributed by atoms with Crippen molar-refractivity contribution in [1.29, 1.82) is 0 Å². The molecule has 0 aliphatic carbocycles. The largest absolute Gasteiger partial charge is 0.342 e. The van der Waals surface area contributed by atoms with Gasteiger partial charge in [0.25, 0.3) is 5.69 Å². The molecule has 0 radical (unpaired) electrons. The molecule has 0 fully saturated rings. The predicted molar refractivity (Wildman–Crippen MR) is 67.9 cm³/mol. The van der Waals surface area contributed by atoms with Crippen LogP contribution in [0.5, 0.6) is 0 Å². The number of nitrogens with one attached hydrogen (secondary N) is 1. The van der Waals surface area contributed by atoms with Crippen LogP contribution in [0.3, 0.4) is 0 Å². The van der Waals surface area contributed by atoms with E-state index in [0.717, 1.165) is 0 Å². The molecule has 18 heavy (non-hydrogen) atoms. The summed E-state index contributed by atoms with van der Waals surface area (Å²) < 4.78 is 0. The lowest BCUT2D eigenvalue weighted by Crippen LogP contribution is -2.34. The zero-order valence-corrected chi connectivity index (χ0v) is 10.2. The molecular weight excluding hydrogens is 232 g/mol. The first kappa shape index (κ1) is 13.7. The SMILES string of the molecule is C#CC(C)NC(=O)C(C)c1cccc([N+](=O)[O-])c1. The maximum absolute atomic E-state index is 11.8. The van der Waals surface area contributed by atoms with Gasteiger partial charge in [0.2, 0.25) is 5.91 Å². The molecule has 0 heterocycles. The second-order valence-electron chi connectivity index (χ2n) is 3.97. The summed E-state index contributed by atoms with van der Waals surface area (Å²) in [7, 11) is 0. The van der Waals surface area contributed by atoms with Crippen molar-refractivity contribution in [3.05, 3.63) is 39.9 Å². The van der Waals surface area contributed by atoms with Gasteiger partial charge in [-0.15, -0.1) is 6.42 Å². The summed E-state index contributed by atoms with van der Waals surface area (Å²) in [6.07, 6.45) is 5.17. The lowest BCUT2D eigenvalue weighted by atomic mass is 9.99. The van der Waals surface area contributed by atoms with Gasteiger partial charge in [0.1, 0.15) is 0 Å². The maximum Gasteiger partial charge on any atom is 0.269 e. The van der Waals surface area contributed by atoms with Gasteiger partial charge in [0.15, 0.2) is 0 Å². The van der Waals surface area contributed by atoms with E-state index in [4.69, 9.17) is 6.42 Å². The van der Waals surface area contributed by atoms with E-state index < -0.39 is 10.8 Å². The van der Waals surface area contributed by atoms with E-state index >= 15 is 0 Å². The Morgan fingerprint density at radius 1 is 1.50 bits per heavy atom. The second kappa shape index (κ2) is 5.82. The van der Waals surface area contributed by atoms with Crippen LogP contribution in [0.1, 0.15) is 25.3 Å². The molecule has 1 amide bonds. The Morgan fingerprint density at radius 2 is 2.17 bits per heavy atom. The number of amides is 1. The van der Waals surface area contributed by atoms with Crippen LogP contribution in [0, 0.1) is 22.5 Å². The molecule has 0 spiro atoms. The first-order valence-electron chi connectivity index (χ1n) is 5.46. The maximum atomic E-state index is 11.8. The van der Waals surface area contributed by atoms with Gasteiger partial charge < -0.3 is 5.32 Å². The lowest BCUT2D eigenvalue weighted by Gasteiger charge is -2.14. The zero-order chi connectivity index (χ0) is 13.7. The Bertz CT molecular complexity index is 505. The molecular formula is C13H14N2O3. The average Bonchev–Trinajstić information content (AvgIpc) is 2.37. The van der Waals surface area contributed by atoms with Crippen molar-refractivity contribution in [2.45, 2.75) is 25.8 Å². The minimum absolute atomic E-state index is 0.0304. The van der Waals surface area contributed by atoms with Crippen LogP contribution in [0.2, 0.25) is 0 Å². The summed E-state index contributed by atoms with van der Waals surface area (Å²) >= 11 is 0. The van der Waals surface area contributed by atoms with Gasteiger partial charge in [-0.1, -0.05) is 18.1 Å². The number of nitro groups is 1.